The Bertz CT molecular complexity index is 825. The van der Waals surface area contributed by atoms with E-state index in [1.54, 1.807) is 6.20 Å². The van der Waals surface area contributed by atoms with Crippen LogP contribution in [0, 0.1) is 0 Å². The highest BCUT2D eigenvalue weighted by atomic mass is 16.5. The van der Waals surface area contributed by atoms with Crippen molar-refractivity contribution in [1.82, 2.24) is 20.0 Å². The van der Waals surface area contributed by atoms with E-state index < -0.39 is 0 Å². The molecule has 1 aliphatic rings. The number of nitrogens with one attached hydrogen (secondary N) is 1. The van der Waals surface area contributed by atoms with Gasteiger partial charge < -0.3 is 14.7 Å². The zero-order valence-corrected chi connectivity index (χ0v) is 15.5. The van der Waals surface area contributed by atoms with Crippen LogP contribution in [0.2, 0.25) is 0 Å². The van der Waals surface area contributed by atoms with Gasteiger partial charge in [-0.1, -0.05) is 35.5 Å². The van der Waals surface area contributed by atoms with Crippen molar-refractivity contribution in [2.75, 3.05) is 31.5 Å². The van der Waals surface area contributed by atoms with Gasteiger partial charge in [-0.15, -0.1) is 0 Å². The molecule has 0 bridgehead atoms. The van der Waals surface area contributed by atoms with Gasteiger partial charge in [0.25, 0.3) is 5.89 Å². The molecule has 27 heavy (non-hydrogen) atoms. The number of aryl methyl sites for hydroxylation is 2. The second kappa shape index (κ2) is 8.77. The van der Waals surface area contributed by atoms with Gasteiger partial charge in [-0.05, 0) is 50.0 Å². The van der Waals surface area contributed by atoms with Crippen molar-refractivity contribution >= 4 is 5.82 Å². The van der Waals surface area contributed by atoms with Gasteiger partial charge in [0.2, 0.25) is 0 Å². The number of anilines is 1. The van der Waals surface area contributed by atoms with Crippen LogP contribution in [0.25, 0.3) is 11.5 Å². The molecule has 1 fully saturated rings. The van der Waals surface area contributed by atoms with Crippen molar-refractivity contribution < 1.29 is 4.52 Å². The van der Waals surface area contributed by atoms with Gasteiger partial charge in [0, 0.05) is 25.7 Å². The van der Waals surface area contributed by atoms with Gasteiger partial charge in [0.1, 0.15) is 5.82 Å². The first-order chi connectivity index (χ1) is 13.4. The molecule has 1 N–H and O–H groups in total. The van der Waals surface area contributed by atoms with Crippen molar-refractivity contribution in [2.24, 2.45) is 0 Å². The molecule has 0 unspecified atom stereocenters. The second-order valence-electron chi connectivity index (χ2n) is 6.91. The van der Waals surface area contributed by atoms with E-state index in [0.717, 1.165) is 43.1 Å². The lowest BCUT2D eigenvalue weighted by Gasteiger charge is -2.14. The molecule has 6 nitrogen and oxygen atoms in total. The van der Waals surface area contributed by atoms with Crippen molar-refractivity contribution in [2.45, 2.75) is 25.7 Å². The molecule has 140 valence electrons. The highest BCUT2D eigenvalue weighted by molar-refractivity contribution is 5.54. The Balaban J connectivity index is 1.29. The van der Waals surface area contributed by atoms with Gasteiger partial charge >= 0.3 is 0 Å². The van der Waals surface area contributed by atoms with Crippen molar-refractivity contribution in [3.63, 3.8) is 0 Å². The lowest BCUT2D eigenvalue weighted by molar-refractivity contribution is 0.352. The van der Waals surface area contributed by atoms with Crippen LogP contribution in [-0.2, 0) is 12.8 Å². The number of hydrogen-bond donors (Lipinski definition) is 1. The summed E-state index contributed by atoms with van der Waals surface area (Å²) in [6, 6.07) is 14.3. The number of rotatable bonds is 8. The fraction of sp³-hybridized carbons (Fsp3) is 0.381. The highest BCUT2D eigenvalue weighted by Gasteiger charge is 2.11. The van der Waals surface area contributed by atoms with E-state index in [0.29, 0.717) is 5.89 Å². The van der Waals surface area contributed by atoms with Gasteiger partial charge in [-0.25, -0.2) is 4.98 Å². The van der Waals surface area contributed by atoms with E-state index in [9.17, 15) is 0 Å². The van der Waals surface area contributed by atoms with Crippen LogP contribution in [0.5, 0.6) is 0 Å². The quantitative estimate of drug-likeness (QED) is 0.661. The number of aromatic nitrogens is 3. The van der Waals surface area contributed by atoms with E-state index in [1.807, 2.05) is 30.3 Å². The smallest absolute Gasteiger partial charge is 0.259 e. The number of likely N-dealkylation sites (tertiary alicyclic amines) is 1. The molecule has 0 spiro atoms. The Kier molecular flexibility index (Phi) is 5.74. The Labute approximate surface area is 159 Å². The molecule has 0 amide bonds. The molecule has 1 aromatic carbocycles. The summed E-state index contributed by atoms with van der Waals surface area (Å²) in [7, 11) is 0. The summed E-state index contributed by atoms with van der Waals surface area (Å²) < 4.78 is 5.40. The Morgan fingerprint density at radius 3 is 2.63 bits per heavy atom. The summed E-state index contributed by atoms with van der Waals surface area (Å²) in [4.78, 5) is 11.4. The monoisotopic (exact) mass is 363 g/mol. The topological polar surface area (TPSA) is 67.1 Å². The van der Waals surface area contributed by atoms with E-state index in [2.05, 4.69) is 37.5 Å². The first-order valence-corrected chi connectivity index (χ1v) is 9.66. The minimum Gasteiger partial charge on any atom is -0.369 e. The average Bonchev–Trinajstić information content (AvgIpc) is 3.40. The molecule has 1 aliphatic heterocycles. The van der Waals surface area contributed by atoms with Crippen molar-refractivity contribution in [1.29, 1.82) is 0 Å². The Hall–Kier alpha value is -2.73. The number of nitrogens with zero attached hydrogens (tertiary/aromatic N) is 4. The third kappa shape index (κ3) is 4.92. The number of hydrogen-bond acceptors (Lipinski definition) is 6. The maximum Gasteiger partial charge on any atom is 0.259 e. The molecular formula is C21H25N5O. The molecule has 0 atom stereocenters. The van der Waals surface area contributed by atoms with Crippen LogP contribution >= 0.6 is 0 Å². The molecule has 4 rings (SSSR count). The lowest BCUT2D eigenvalue weighted by Crippen LogP contribution is -2.26. The highest BCUT2D eigenvalue weighted by Crippen LogP contribution is 2.18. The first-order valence-electron chi connectivity index (χ1n) is 9.66. The fourth-order valence-corrected chi connectivity index (χ4v) is 3.35. The van der Waals surface area contributed by atoms with Crippen molar-refractivity contribution in [3.8, 4) is 11.5 Å². The summed E-state index contributed by atoms with van der Waals surface area (Å²) in [5, 5.41) is 7.46. The maximum absolute atomic E-state index is 5.40. The SMILES string of the molecule is c1ccc(CCc2noc(-c3ccc(NCCN4CCCC4)nc3)n2)cc1. The maximum atomic E-state index is 5.40. The predicted molar refractivity (Wildman–Crippen MR) is 106 cm³/mol. The largest absolute Gasteiger partial charge is 0.369 e. The van der Waals surface area contributed by atoms with Crippen LogP contribution in [0.1, 0.15) is 24.2 Å². The molecular weight excluding hydrogens is 338 g/mol. The molecule has 0 radical (unpaired) electrons. The third-order valence-corrected chi connectivity index (χ3v) is 4.89. The summed E-state index contributed by atoms with van der Waals surface area (Å²) in [5.41, 5.74) is 2.12. The molecule has 0 aliphatic carbocycles. The van der Waals surface area contributed by atoms with Gasteiger partial charge in [0.05, 0.1) is 5.56 Å². The zero-order chi connectivity index (χ0) is 18.3. The van der Waals surface area contributed by atoms with Crippen LogP contribution < -0.4 is 5.32 Å². The molecule has 0 saturated carbocycles. The Morgan fingerprint density at radius 1 is 1.00 bits per heavy atom. The summed E-state index contributed by atoms with van der Waals surface area (Å²) in [6.45, 7) is 4.42. The summed E-state index contributed by atoms with van der Waals surface area (Å²) in [5.74, 6) is 2.12. The summed E-state index contributed by atoms with van der Waals surface area (Å²) >= 11 is 0. The van der Waals surface area contributed by atoms with Gasteiger partial charge in [-0.3, -0.25) is 0 Å². The van der Waals surface area contributed by atoms with E-state index in [1.165, 1.54) is 31.5 Å². The van der Waals surface area contributed by atoms with E-state index in [-0.39, 0.29) is 0 Å². The molecule has 1 saturated heterocycles. The second-order valence-corrected chi connectivity index (χ2v) is 6.91. The minimum absolute atomic E-state index is 0.522. The molecule has 3 aromatic rings. The normalized spacial score (nSPS) is 14.5. The standard InChI is InChI=1S/C21H25N5O/c1-2-6-17(7-3-1)8-10-20-24-21(27-25-20)18-9-11-19(23-16-18)22-12-15-26-13-4-5-14-26/h1-3,6-7,9,11,16H,4-5,8,10,12-15H2,(H,22,23). The molecule has 2 aromatic heterocycles. The summed E-state index contributed by atoms with van der Waals surface area (Å²) in [6.07, 6.45) is 6.09. The first kappa shape index (κ1) is 17.7. The average molecular weight is 363 g/mol. The third-order valence-electron chi connectivity index (χ3n) is 4.89. The van der Waals surface area contributed by atoms with Crippen LogP contribution in [0.4, 0.5) is 5.82 Å². The van der Waals surface area contributed by atoms with Gasteiger partial charge in [0.15, 0.2) is 5.82 Å². The predicted octanol–water partition coefficient (Wildman–Crippen LogP) is 3.42. The number of pyridine rings is 1. The fourth-order valence-electron chi connectivity index (χ4n) is 3.35. The van der Waals surface area contributed by atoms with Crippen LogP contribution in [0.3, 0.4) is 0 Å². The Morgan fingerprint density at radius 2 is 1.85 bits per heavy atom. The minimum atomic E-state index is 0.522. The van der Waals surface area contributed by atoms with Crippen LogP contribution in [0.15, 0.2) is 53.2 Å². The zero-order valence-electron chi connectivity index (χ0n) is 15.5. The van der Waals surface area contributed by atoms with E-state index >= 15 is 0 Å². The van der Waals surface area contributed by atoms with Gasteiger partial charge in [-0.2, -0.15) is 4.98 Å². The molecule has 3 heterocycles. The van der Waals surface area contributed by atoms with Crippen LogP contribution in [-0.4, -0.2) is 46.2 Å². The van der Waals surface area contributed by atoms with E-state index in [4.69, 9.17) is 4.52 Å². The lowest BCUT2D eigenvalue weighted by atomic mass is 10.1. The van der Waals surface area contributed by atoms with Crippen molar-refractivity contribution in [3.05, 3.63) is 60.0 Å². The number of benzene rings is 1. The molecule has 6 heteroatoms.